The molecule has 0 aliphatic carbocycles. The lowest BCUT2D eigenvalue weighted by Crippen LogP contribution is -2.24. The van der Waals surface area contributed by atoms with E-state index in [2.05, 4.69) is 17.6 Å². The quantitative estimate of drug-likeness (QED) is 0.679. The van der Waals surface area contributed by atoms with Crippen LogP contribution < -0.4 is 4.90 Å². The molecule has 1 unspecified atom stereocenters. The minimum absolute atomic E-state index is 0.145. The zero-order valence-corrected chi connectivity index (χ0v) is 7.95. The molecule has 0 aromatic carbocycles. The number of hydrogen-bond donors (Lipinski definition) is 1. The number of rotatable bonds is 1. The predicted octanol–water partition coefficient (Wildman–Crippen LogP) is 1.12. The van der Waals surface area contributed by atoms with Gasteiger partial charge in [0.05, 0.1) is 0 Å². The Kier molecular flexibility index (Phi) is 2.22. The number of amides is 1. The maximum Gasteiger partial charge on any atom is 0.228 e. The second-order valence-electron chi connectivity index (χ2n) is 3.07. The normalized spacial score (nSPS) is 22.4. The molecule has 0 spiro atoms. The van der Waals surface area contributed by atoms with Crippen molar-refractivity contribution in [2.45, 2.75) is 11.7 Å². The number of carbonyl (C=O) groups excluding carboxylic acids is 1. The third kappa shape index (κ3) is 1.67. The molecule has 1 amide bonds. The van der Waals surface area contributed by atoms with Crippen molar-refractivity contribution in [3.63, 3.8) is 0 Å². The maximum atomic E-state index is 11.4. The number of thiol groups is 1. The molecule has 2 heterocycles. The van der Waals surface area contributed by atoms with Crippen molar-refractivity contribution in [1.82, 2.24) is 4.98 Å². The second-order valence-corrected chi connectivity index (χ2v) is 3.80. The first-order chi connectivity index (χ1) is 6.27. The van der Waals surface area contributed by atoms with Crippen LogP contribution in [-0.4, -0.2) is 22.7 Å². The van der Waals surface area contributed by atoms with Gasteiger partial charge in [0.25, 0.3) is 0 Å². The summed E-state index contributed by atoms with van der Waals surface area (Å²) < 4.78 is 0. The van der Waals surface area contributed by atoms with Gasteiger partial charge in [-0.05, 0) is 12.1 Å². The maximum absolute atomic E-state index is 11.4. The first-order valence-corrected chi connectivity index (χ1v) is 4.67. The fourth-order valence-electron chi connectivity index (χ4n) is 1.46. The van der Waals surface area contributed by atoms with Crippen molar-refractivity contribution in [2.75, 3.05) is 11.4 Å². The van der Waals surface area contributed by atoms with Crippen LogP contribution in [0.4, 0.5) is 5.69 Å². The Morgan fingerprint density at radius 1 is 1.46 bits per heavy atom. The fraction of sp³-hybridized carbons (Fsp3) is 0.333. The van der Waals surface area contributed by atoms with Gasteiger partial charge < -0.3 is 4.90 Å². The summed E-state index contributed by atoms with van der Waals surface area (Å²) in [4.78, 5) is 17.1. The topological polar surface area (TPSA) is 33.2 Å². The first kappa shape index (κ1) is 8.56. The van der Waals surface area contributed by atoms with E-state index in [0.717, 1.165) is 5.69 Å². The van der Waals surface area contributed by atoms with Crippen molar-refractivity contribution < 1.29 is 4.79 Å². The van der Waals surface area contributed by atoms with Gasteiger partial charge in [0, 0.05) is 36.3 Å². The number of aromatic nitrogens is 1. The summed E-state index contributed by atoms with van der Waals surface area (Å²) in [6.07, 6.45) is 3.91. The van der Waals surface area contributed by atoms with Gasteiger partial charge in [-0.3, -0.25) is 9.78 Å². The van der Waals surface area contributed by atoms with Gasteiger partial charge >= 0.3 is 0 Å². The van der Waals surface area contributed by atoms with Crippen LogP contribution >= 0.6 is 12.6 Å². The Morgan fingerprint density at radius 3 is 2.69 bits per heavy atom. The van der Waals surface area contributed by atoms with Gasteiger partial charge in [-0.1, -0.05) is 0 Å². The number of nitrogens with zero attached hydrogens (tertiary/aromatic N) is 2. The second kappa shape index (κ2) is 3.38. The molecule has 1 aliphatic heterocycles. The minimum atomic E-state index is 0.145. The molecule has 68 valence electrons. The monoisotopic (exact) mass is 194 g/mol. The lowest BCUT2D eigenvalue weighted by molar-refractivity contribution is -0.117. The minimum Gasteiger partial charge on any atom is -0.311 e. The first-order valence-electron chi connectivity index (χ1n) is 4.16. The highest BCUT2D eigenvalue weighted by Crippen LogP contribution is 2.22. The van der Waals surface area contributed by atoms with Crippen LogP contribution in [0.25, 0.3) is 0 Å². The van der Waals surface area contributed by atoms with E-state index in [1.807, 2.05) is 12.1 Å². The Bertz CT molecular complexity index is 315. The van der Waals surface area contributed by atoms with E-state index in [4.69, 9.17) is 0 Å². The number of hydrogen-bond acceptors (Lipinski definition) is 3. The van der Waals surface area contributed by atoms with E-state index in [-0.39, 0.29) is 11.2 Å². The van der Waals surface area contributed by atoms with Crippen LogP contribution in [-0.2, 0) is 4.79 Å². The molecule has 3 nitrogen and oxygen atoms in total. The van der Waals surface area contributed by atoms with E-state index in [1.54, 1.807) is 17.3 Å². The summed E-state index contributed by atoms with van der Waals surface area (Å²) >= 11 is 4.28. The molecule has 4 heteroatoms. The average Bonchev–Trinajstić information content (AvgIpc) is 2.47. The molecule has 1 aromatic rings. The Morgan fingerprint density at radius 2 is 2.15 bits per heavy atom. The van der Waals surface area contributed by atoms with Crippen LogP contribution in [0.15, 0.2) is 24.5 Å². The summed E-state index contributed by atoms with van der Waals surface area (Å²) in [5, 5.41) is 0.167. The average molecular weight is 194 g/mol. The van der Waals surface area contributed by atoms with Gasteiger partial charge in [0.1, 0.15) is 0 Å². The van der Waals surface area contributed by atoms with Crippen molar-refractivity contribution in [1.29, 1.82) is 0 Å². The molecule has 1 fully saturated rings. The molecule has 0 bridgehead atoms. The van der Waals surface area contributed by atoms with E-state index >= 15 is 0 Å². The summed E-state index contributed by atoms with van der Waals surface area (Å²) in [7, 11) is 0. The standard InChI is InChI=1S/C9H10N2OS/c12-9-5-8(13)6-11(9)7-1-3-10-4-2-7/h1-4,8,13H,5-6H2. The van der Waals surface area contributed by atoms with Crippen LogP contribution in [0.1, 0.15) is 6.42 Å². The Labute approximate surface area is 82.2 Å². The van der Waals surface area contributed by atoms with Crippen LogP contribution in [0.5, 0.6) is 0 Å². The van der Waals surface area contributed by atoms with E-state index < -0.39 is 0 Å². The van der Waals surface area contributed by atoms with Crippen molar-refractivity contribution in [3.8, 4) is 0 Å². The summed E-state index contributed by atoms with van der Waals surface area (Å²) in [5.74, 6) is 0.145. The lowest BCUT2D eigenvalue weighted by Gasteiger charge is -2.14. The van der Waals surface area contributed by atoms with Crippen molar-refractivity contribution in [3.05, 3.63) is 24.5 Å². The van der Waals surface area contributed by atoms with Gasteiger partial charge in [0.2, 0.25) is 5.91 Å². The van der Waals surface area contributed by atoms with Crippen molar-refractivity contribution in [2.24, 2.45) is 0 Å². The molecule has 1 aromatic heterocycles. The van der Waals surface area contributed by atoms with Gasteiger partial charge in [-0.25, -0.2) is 0 Å². The third-order valence-electron chi connectivity index (χ3n) is 2.08. The van der Waals surface area contributed by atoms with Gasteiger partial charge in [-0.2, -0.15) is 12.6 Å². The number of carbonyl (C=O) groups is 1. The smallest absolute Gasteiger partial charge is 0.228 e. The predicted molar refractivity (Wildman–Crippen MR) is 54.0 cm³/mol. The van der Waals surface area contributed by atoms with Crippen LogP contribution in [0, 0.1) is 0 Å². The Balaban J connectivity index is 2.23. The third-order valence-corrected chi connectivity index (χ3v) is 2.42. The summed E-state index contributed by atoms with van der Waals surface area (Å²) in [6.45, 7) is 0.700. The van der Waals surface area contributed by atoms with E-state index in [9.17, 15) is 4.79 Å². The highest BCUT2D eigenvalue weighted by molar-refractivity contribution is 7.81. The largest absolute Gasteiger partial charge is 0.311 e. The zero-order valence-electron chi connectivity index (χ0n) is 7.05. The van der Waals surface area contributed by atoms with Crippen molar-refractivity contribution >= 4 is 24.2 Å². The molecule has 1 aliphatic rings. The van der Waals surface area contributed by atoms with E-state index in [1.165, 1.54) is 0 Å². The number of anilines is 1. The van der Waals surface area contributed by atoms with Gasteiger partial charge in [-0.15, -0.1) is 0 Å². The lowest BCUT2D eigenvalue weighted by atomic mass is 10.4. The molecule has 1 atom stereocenters. The SMILES string of the molecule is O=C1CC(S)CN1c1ccncc1. The molecule has 0 radical (unpaired) electrons. The molecule has 0 saturated carbocycles. The molecular formula is C9H10N2OS. The molecule has 1 saturated heterocycles. The highest BCUT2D eigenvalue weighted by Gasteiger charge is 2.27. The molecule has 2 rings (SSSR count). The fourth-order valence-corrected chi connectivity index (χ4v) is 1.78. The Hall–Kier alpha value is -1.03. The molecular weight excluding hydrogens is 184 g/mol. The summed E-state index contributed by atoms with van der Waals surface area (Å²) in [5.41, 5.74) is 0.913. The number of pyridine rings is 1. The zero-order chi connectivity index (χ0) is 9.26. The van der Waals surface area contributed by atoms with E-state index in [0.29, 0.717) is 13.0 Å². The van der Waals surface area contributed by atoms with Gasteiger partial charge in [0.15, 0.2) is 0 Å². The van der Waals surface area contributed by atoms with Crippen LogP contribution in [0.2, 0.25) is 0 Å². The summed E-state index contributed by atoms with van der Waals surface area (Å²) in [6, 6.07) is 3.67. The molecule has 0 N–H and O–H groups in total. The van der Waals surface area contributed by atoms with Crippen LogP contribution in [0.3, 0.4) is 0 Å². The highest BCUT2D eigenvalue weighted by atomic mass is 32.1. The molecule has 13 heavy (non-hydrogen) atoms.